The normalized spacial score (nSPS) is 15.2. The molecular weight excluding hydrogens is 464 g/mol. The molecule has 0 bridgehead atoms. The van der Waals surface area contributed by atoms with Crippen molar-refractivity contribution in [2.24, 2.45) is 0 Å². The fourth-order valence-electron chi connectivity index (χ4n) is 4.13. The lowest BCUT2D eigenvalue weighted by molar-refractivity contribution is -0.137. The van der Waals surface area contributed by atoms with E-state index in [0.29, 0.717) is 35.0 Å². The third kappa shape index (κ3) is 4.84. The van der Waals surface area contributed by atoms with Gasteiger partial charge in [0.1, 0.15) is 12.6 Å². The molecule has 5 nitrogen and oxygen atoms in total. The molecule has 1 unspecified atom stereocenters. The van der Waals surface area contributed by atoms with E-state index in [1.54, 1.807) is 24.3 Å². The van der Waals surface area contributed by atoms with E-state index in [2.05, 4.69) is 5.32 Å². The van der Waals surface area contributed by atoms with E-state index in [9.17, 15) is 27.2 Å². The fraction of sp³-hybridized carbons (Fsp3) is 0.231. The van der Waals surface area contributed by atoms with Crippen LogP contribution in [0.5, 0.6) is 5.75 Å². The van der Waals surface area contributed by atoms with Gasteiger partial charge in [0.25, 0.3) is 11.8 Å². The first-order valence-corrected chi connectivity index (χ1v) is 10.8. The van der Waals surface area contributed by atoms with E-state index in [1.807, 2.05) is 32.0 Å². The highest BCUT2D eigenvalue weighted by Crippen LogP contribution is 2.36. The highest BCUT2D eigenvalue weighted by atomic mass is 19.4. The van der Waals surface area contributed by atoms with Gasteiger partial charge in [0.2, 0.25) is 0 Å². The molecule has 1 N–H and O–H groups in total. The molecule has 0 saturated carbocycles. The number of para-hydroxylation sites is 1. The molecule has 0 aromatic heterocycles. The molecule has 0 aliphatic carbocycles. The fourth-order valence-corrected chi connectivity index (χ4v) is 4.13. The number of nitrogens with one attached hydrogen (secondary N) is 1. The average molecular weight is 486 g/mol. The Morgan fingerprint density at radius 3 is 2.40 bits per heavy atom. The molecular formula is C26H22F4N2O3. The van der Waals surface area contributed by atoms with E-state index < -0.39 is 41.2 Å². The number of carbonyl (C=O) groups is 2. The van der Waals surface area contributed by atoms with Gasteiger partial charge in [-0.3, -0.25) is 9.59 Å². The Morgan fingerprint density at radius 2 is 1.71 bits per heavy atom. The Morgan fingerprint density at radius 1 is 1.03 bits per heavy atom. The summed E-state index contributed by atoms with van der Waals surface area (Å²) < 4.78 is 58.2. The number of anilines is 1. The minimum absolute atomic E-state index is 0.145. The number of amides is 2. The maximum atomic E-state index is 14.0. The van der Waals surface area contributed by atoms with E-state index in [0.717, 1.165) is 11.1 Å². The van der Waals surface area contributed by atoms with Crippen LogP contribution in [0.2, 0.25) is 0 Å². The first-order chi connectivity index (χ1) is 16.6. The lowest BCUT2D eigenvalue weighted by Crippen LogP contribution is -2.38. The third-order valence-electron chi connectivity index (χ3n) is 5.88. The molecule has 35 heavy (non-hydrogen) atoms. The number of alkyl halides is 3. The van der Waals surface area contributed by atoms with Gasteiger partial charge in [-0.25, -0.2) is 4.39 Å². The van der Waals surface area contributed by atoms with E-state index in [-0.39, 0.29) is 13.2 Å². The van der Waals surface area contributed by atoms with Crippen LogP contribution in [0.1, 0.15) is 38.7 Å². The SMILES string of the molecule is Cc1cccc(C)c1NC(=O)C1c2ccccc2C(=O)N1CCOc1cc(C(F)(F)F)ccc1F. The molecule has 2 amide bonds. The molecule has 3 aromatic rings. The number of ether oxygens (including phenoxy) is 1. The number of nitrogens with zero attached hydrogens (tertiary/aromatic N) is 1. The number of benzene rings is 3. The Hall–Kier alpha value is -3.88. The van der Waals surface area contributed by atoms with E-state index in [4.69, 9.17) is 4.74 Å². The van der Waals surface area contributed by atoms with Crippen LogP contribution in [0.15, 0.2) is 60.7 Å². The summed E-state index contributed by atoms with van der Waals surface area (Å²) in [6.45, 7) is 3.25. The minimum atomic E-state index is -4.66. The van der Waals surface area contributed by atoms with Crippen molar-refractivity contribution >= 4 is 17.5 Å². The van der Waals surface area contributed by atoms with Crippen LogP contribution >= 0.6 is 0 Å². The molecule has 1 aliphatic rings. The quantitative estimate of drug-likeness (QED) is 0.457. The molecule has 1 atom stereocenters. The van der Waals surface area contributed by atoms with Crippen LogP contribution in [0.4, 0.5) is 23.2 Å². The van der Waals surface area contributed by atoms with Gasteiger partial charge in [0, 0.05) is 11.3 Å². The zero-order chi connectivity index (χ0) is 25.3. The first-order valence-electron chi connectivity index (χ1n) is 10.8. The third-order valence-corrected chi connectivity index (χ3v) is 5.88. The summed E-state index contributed by atoms with van der Waals surface area (Å²) in [7, 11) is 0. The van der Waals surface area contributed by atoms with E-state index >= 15 is 0 Å². The van der Waals surface area contributed by atoms with Crippen LogP contribution < -0.4 is 10.1 Å². The van der Waals surface area contributed by atoms with Gasteiger partial charge in [-0.2, -0.15) is 13.2 Å². The summed E-state index contributed by atoms with van der Waals surface area (Å²) in [5.41, 5.74) is 2.14. The second-order valence-electron chi connectivity index (χ2n) is 8.24. The Kier molecular flexibility index (Phi) is 6.51. The summed E-state index contributed by atoms with van der Waals surface area (Å²) in [4.78, 5) is 27.7. The van der Waals surface area contributed by atoms with Crippen molar-refractivity contribution in [2.75, 3.05) is 18.5 Å². The second-order valence-corrected chi connectivity index (χ2v) is 8.24. The predicted molar refractivity (Wildman–Crippen MR) is 122 cm³/mol. The number of hydrogen-bond acceptors (Lipinski definition) is 3. The van der Waals surface area contributed by atoms with Gasteiger partial charge in [-0.05, 0) is 54.8 Å². The van der Waals surface area contributed by atoms with Crippen LogP contribution in [0.3, 0.4) is 0 Å². The summed E-state index contributed by atoms with van der Waals surface area (Å²) in [5.74, 6) is -2.40. The monoisotopic (exact) mass is 486 g/mol. The lowest BCUT2D eigenvalue weighted by Gasteiger charge is -2.25. The zero-order valence-electron chi connectivity index (χ0n) is 18.9. The van der Waals surface area contributed by atoms with Gasteiger partial charge < -0.3 is 15.0 Å². The van der Waals surface area contributed by atoms with Crippen LogP contribution in [-0.4, -0.2) is 29.9 Å². The topological polar surface area (TPSA) is 58.6 Å². The average Bonchev–Trinajstić information content (AvgIpc) is 3.08. The maximum absolute atomic E-state index is 14.0. The molecule has 0 saturated heterocycles. The van der Waals surface area contributed by atoms with Crippen molar-refractivity contribution < 1.29 is 31.9 Å². The first kappa shape index (κ1) is 24.3. The number of carbonyl (C=O) groups excluding carboxylic acids is 2. The number of aryl methyl sites for hydroxylation is 2. The zero-order valence-corrected chi connectivity index (χ0v) is 18.9. The molecule has 1 heterocycles. The minimum Gasteiger partial charge on any atom is -0.489 e. The Balaban J connectivity index is 1.56. The van der Waals surface area contributed by atoms with Crippen molar-refractivity contribution in [1.29, 1.82) is 0 Å². The summed E-state index contributed by atoms with van der Waals surface area (Å²) in [5, 5.41) is 2.89. The van der Waals surface area contributed by atoms with Gasteiger partial charge in [0.05, 0.1) is 12.1 Å². The Labute approximate surface area is 199 Å². The smallest absolute Gasteiger partial charge is 0.416 e. The second kappa shape index (κ2) is 9.40. The van der Waals surface area contributed by atoms with Crippen molar-refractivity contribution in [3.63, 3.8) is 0 Å². The summed E-state index contributed by atoms with van der Waals surface area (Å²) >= 11 is 0. The number of halogens is 4. The van der Waals surface area contributed by atoms with Crippen LogP contribution in [0.25, 0.3) is 0 Å². The van der Waals surface area contributed by atoms with Crippen molar-refractivity contribution in [3.05, 3.63) is 94.3 Å². The molecule has 1 aliphatic heterocycles. The summed E-state index contributed by atoms with van der Waals surface area (Å²) in [6, 6.07) is 13.1. The number of hydrogen-bond donors (Lipinski definition) is 1. The van der Waals surface area contributed by atoms with Gasteiger partial charge >= 0.3 is 6.18 Å². The largest absolute Gasteiger partial charge is 0.489 e. The standard InChI is InChI=1S/C26H22F4N2O3/c1-15-6-5-7-16(2)22(15)31-24(33)23-18-8-3-4-9-19(18)25(34)32(23)12-13-35-21-14-17(26(28,29)30)10-11-20(21)27/h3-11,14,23H,12-13H2,1-2H3,(H,31,33). The molecule has 182 valence electrons. The molecule has 0 spiro atoms. The van der Waals surface area contributed by atoms with Crippen LogP contribution in [0, 0.1) is 19.7 Å². The van der Waals surface area contributed by atoms with Gasteiger partial charge in [-0.1, -0.05) is 36.4 Å². The summed E-state index contributed by atoms with van der Waals surface area (Å²) in [6.07, 6.45) is -4.66. The van der Waals surface area contributed by atoms with E-state index in [1.165, 1.54) is 4.90 Å². The van der Waals surface area contributed by atoms with Crippen LogP contribution in [-0.2, 0) is 11.0 Å². The van der Waals surface area contributed by atoms with Crippen molar-refractivity contribution in [3.8, 4) is 5.75 Å². The lowest BCUT2D eigenvalue weighted by atomic mass is 10.0. The Bertz CT molecular complexity index is 1270. The highest BCUT2D eigenvalue weighted by molar-refractivity contribution is 6.08. The predicted octanol–water partition coefficient (Wildman–Crippen LogP) is 5.68. The number of fused-ring (bicyclic) bond motifs is 1. The highest BCUT2D eigenvalue weighted by Gasteiger charge is 2.41. The molecule has 3 aromatic carbocycles. The molecule has 9 heteroatoms. The van der Waals surface area contributed by atoms with Crippen molar-refractivity contribution in [1.82, 2.24) is 4.90 Å². The molecule has 0 radical (unpaired) electrons. The molecule has 0 fully saturated rings. The number of rotatable bonds is 6. The van der Waals surface area contributed by atoms with Crippen molar-refractivity contribution in [2.45, 2.75) is 26.1 Å². The maximum Gasteiger partial charge on any atom is 0.416 e. The van der Waals surface area contributed by atoms with Gasteiger partial charge in [0.15, 0.2) is 11.6 Å². The van der Waals surface area contributed by atoms with Gasteiger partial charge in [-0.15, -0.1) is 0 Å². The molecule has 4 rings (SSSR count).